The van der Waals surface area contributed by atoms with E-state index >= 15 is 0 Å². The number of hydrogen-bond donors (Lipinski definition) is 1. The van der Waals surface area contributed by atoms with Crippen LogP contribution in [0.25, 0.3) is 6.08 Å². The zero-order chi connectivity index (χ0) is 19.6. The molecule has 0 atom stereocenters. The third-order valence-corrected chi connectivity index (χ3v) is 6.07. The molecule has 2 heterocycles. The summed E-state index contributed by atoms with van der Waals surface area (Å²) in [6.45, 7) is 0.655. The number of unbranched alkanes of at least 4 members (excludes halogenated alkanes) is 7. The van der Waals surface area contributed by atoms with Gasteiger partial charge in [-0.2, -0.15) is 0 Å². The fourth-order valence-corrected chi connectivity index (χ4v) is 4.44. The monoisotopic (exact) mass is 473 g/mol. The van der Waals surface area contributed by atoms with Crippen molar-refractivity contribution < 1.29 is 19.1 Å². The van der Waals surface area contributed by atoms with Crippen molar-refractivity contribution in [2.75, 3.05) is 6.54 Å². The molecule has 1 N–H and O–H groups in total. The molecule has 1 aliphatic heterocycles. The van der Waals surface area contributed by atoms with Gasteiger partial charge in [-0.3, -0.25) is 14.5 Å². The first-order valence-corrected chi connectivity index (χ1v) is 11.2. The fourth-order valence-electron chi connectivity index (χ4n) is 2.83. The molecule has 1 amide bonds. The standard InChI is InChI=1S/C19H24BrNO4S2/c20-16-11-10-14(25-16)13-15-18(24)21(19(26)27-15)12-8-6-4-2-1-3-5-7-9-17(22)23/h10-11,13H,1-9,12H2,(H,22,23). The summed E-state index contributed by atoms with van der Waals surface area (Å²) in [7, 11) is 0. The number of nitrogens with zero attached hydrogens (tertiary/aromatic N) is 1. The molecule has 1 aliphatic rings. The summed E-state index contributed by atoms with van der Waals surface area (Å²) >= 11 is 9.91. The van der Waals surface area contributed by atoms with Gasteiger partial charge in [-0.1, -0.05) is 62.5 Å². The highest BCUT2D eigenvalue weighted by Gasteiger charge is 2.31. The quantitative estimate of drug-likeness (QED) is 0.233. The van der Waals surface area contributed by atoms with Crippen LogP contribution >= 0.6 is 39.9 Å². The third-order valence-electron chi connectivity index (χ3n) is 4.26. The van der Waals surface area contributed by atoms with Crippen LogP contribution in [0.3, 0.4) is 0 Å². The van der Waals surface area contributed by atoms with E-state index in [1.807, 2.05) is 0 Å². The molecular weight excluding hydrogens is 450 g/mol. The molecule has 1 fully saturated rings. The van der Waals surface area contributed by atoms with Crippen molar-refractivity contribution >= 4 is 62.2 Å². The lowest BCUT2D eigenvalue weighted by Crippen LogP contribution is -2.28. The molecule has 0 radical (unpaired) electrons. The van der Waals surface area contributed by atoms with Crippen molar-refractivity contribution in [3.63, 3.8) is 0 Å². The Morgan fingerprint density at radius 2 is 1.78 bits per heavy atom. The van der Waals surface area contributed by atoms with Crippen LogP contribution in [-0.2, 0) is 9.59 Å². The van der Waals surface area contributed by atoms with Gasteiger partial charge in [-0.05, 0) is 40.9 Å². The van der Waals surface area contributed by atoms with Gasteiger partial charge in [0.1, 0.15) is 10.1 Å². The molecule has 0 saturated carbocycles. The van der Waals surface area contributed by atoms with Crippen LogP contribution < -0.4 is 0 Å². The fraction of sp³-hybridized carbons (Fsp3) is 0.526. The molecule has 8 heteroatoms. The molecule has 1 aromatic heterocycles. The summed E-state index contributed by atoms with van der Waals surface area (Å²) in [5.74, 6) is -0.126. The predicted octanol–water partition coefficient (Wildman–Crippen LogP) is 5.84. The van der Waals surface area contributed by atoms with E-state index in [9.17, 15) is 9.59 Å². The molecule has 0 aromatic carbocycles. The number of amides is 1. The molecule has 1 saturated heterocycles. The third kappa shape index (κ3) is 7.79. The first-order valence-electron chi connectivity index (χ1n) is 9.20. The lowest BCUT2D eigenvalue weighted by atomic mass is 10.1. The smallest absolute Gasteiger partial charge is 0.303 e. The van der Waals surface area contributed by atoms with E-state index in [1.165, 1.54) is 11.8 Å². The van der Waals surface area contributed by atoms with Gasteiger partial charge < -0.3 is 9.52 Å². The first-order chi connectivity index (χ1) is 13.0. The highest BCUT2D eigenvalue weighted by atomic mass is 79.9. The van der Waals surface area contributed by atoms with Gasteiger partial charge >= 0.3 is 5.97 Å². The molecule has 1 aromatic rings. The van der Waals surface area contributed by atoms with Crippen molar-refractivity contribution in [2.45, 2.75) is 57.8 Å². The van der Waals surface area contributed by atoms with Crippen LogP contribution in [0.4, 0.5) is 0 Å². The number of carboxylic acids is 1. The second-order valence-corrected chi connectivity index (χ2v) is 8.90. The topological polar surface area (TPSA) is 70.8 Å². The van der Waals surface area contributed by atoms with Crippen LogP contribution in [0.1, 0.15) is 63.5 Å². The average molecular weight is 474 g/mol. The Labute approximate surface area is 177 Å². The highest BCUT2D eigenvalue weighted by Crippen LogP contribution is 2.33. The van der Waals surface area contributed by atoms with Crippen molar-refractivity contribution in [3.05, 3.63) is 27.5 Å². The average Bonchev–Trinajstić information content (AvgIpc) is 3.13. The minimum atomic E-state index is -0.711. The maximum absolute atomic E-state index is 12.5. The Balaban J connectivity index is 1.61. The van der Waals surface area contributed by atoms with Crippen LogP contribution in [-0.4, -0.2) is 32.7 Å². The van der Waals surface area contributed by atoms with Crippen molar-refractivity contribution in [3.8, 4) is 0 Å². The van der Waals surface area contributed by atoms with Crippen LogP contribution in [0.5, 0.6) is 0 Å². The number of carbonyl (C=O) groups excluding carboxylic acids is 1. The minimum Gasteiger partial charge on any atom is -0.481 e. The summed E-state index contributed by atoms with van der Waals surface area (Å²) < 4.78 is 6.66. The second-order valence-electron chi connectivity index (χ2n) is 6.45. The second kappa shape index (κ2) is 11.7. The lowest BCUT2D eigenvalue weighted by molar-refractivity contribution is -0.137. The van der Waals surface area contributed by atoms with Crippen molar-refractivity contribution in [1.82, 2.24) is 4.90 Å². The van der Waals surface area contributed by atoms with E-state index in [0.29, 0.717) is 26.2 Å². The lowest BCUT2D eigenvalue weighted by Gasteiger charge is -2.14. The predicted molar refractivity (Wildman–Crippen MR) is 115 cm³/mol. The SMILES string of the molecule is O=C(O)CCCCCCCCCCN1C(=O)C(=Cc2ccc(Br)o2)SC1=S. The minimum absolute atomic E-state index is 0.0454. The van der Waals surface area contributed by atoms with E-state index in [4.69, 9.17) is 21.7 Å². The molecule has 2 rings (SSSR count). The van der Waals surface area contributed by atoms with E-state index in [-0.39, 0.29) is 12.3 Å². The van der Waals surface area contributed by atoms with E-state index in [2.05, 4.69) is 15.9 Å². The number of aliphatic carboxylic acids is 1. The summed E-state index contributed by atoms with van der Waals surface area (Å²) in [4.78, 5) is 25.2. The molecule has 27 heavy (non-hydrogen) atoms. The molecule has 0 bridgehead atoms. The number of halogens is 1. The van der Waals surface area contributed by atoms with Crippen LogP contribution in [0.15, 0.2) is 26.1 Å². The van der Waals surface area contributed by atoms with E-state index < -0.39 is 5.97 Å². The summed E-state index contributed by atoms with van der Waals surface area (Å²) in [6, 6.07) is 3.59. The molecule has 5 nitrogen and oxygen atoms in total. The Bertz CT molecular complexity index is 702. The van der Waals surface area contributed by atoms with Crippen molar-refractivity contribution in [1.29, 1.82) is 0 Å². The molecular formula is C19H24BrNO4S2. The van der Waals surface area contributed by atoms with Gasteiger partial charge in [0.15, 0.2) is 4.67 Å². The maximum atomic E-state index is 12.5. The van der Waals surface area contributed by atoms with E-state index in [0.717, 1.165) is 51.4 Å². The molecule has 0 aliphatic carbocycles. The summed E-state index contributed by atoms with van der Waals surface area (Å²) in [5, 5.41) is 8.58. The largest absolute Gasteiger partial charge is 0.481 e. The molecule has 148 valence electrons. The zero-order valence-corrected chi connectivity index (χ0v) is 18.3. The normalized spacial score (nSPS) is 15.9. The van der Waals surface area contributed by atoms with Gasteiger partial charge in [0.25, 0.3) is 5.91 Å². The highest BCUT2D eigenvalue weighted by molar-refractivity contribution is 9.10. The Morgan fingerprint density at radius 3 is 2.37 bits per heavy atom. The Kier molecular flexibility index (Phi) is 9.58. The summed E-state index contributed by atoms with van der Waals surface area (Å²) in [5.41, 5.74) is 0. The van der Waals surface area contributed by atoms with Gasteiger partial charge in [0.2, 0.25) is 0 Å². The Hall–Kier alpha value is -1.12. The van der Waals surface area contributed by atoms with Crippen LogP contribution in [0.2, 0.25) is 0 Å². The summed E-state index contributed by atoms with van der Waals surface area (Å²) in [6.07, 6.45) is 10.3. The number of furan rings is 1. The van der Waals surface area contributed by atoms with Gasteiger partial charge in [-0.25, -0.2) is 0 Å². The first kappa shape index (κ1) is 22.2. The maximum Gasteiger partial charge on any atom is 0.303 e. The van der Waals surface area contributed by atoms with Crippen LogP contribution in [0, 0.1) is 0 Å². The molecule has 0 spiro atoms. The van der Waals surface area contributed by atoms with E-state index in [1.54, 1.807) is 23.1 Å². The number of hydrogen-bond acceptors (Lipinski definition) is 5. The van der Waals surface area contributed by atoms with Gasteiger partial charge in [0, 0.05) is 19.0 Å². The number of thioether (sulfide) groups is 1. The number of carboxylic acid groups (broad SMARTS) is 1. The van der Waals surface area contributed by atoms with Crippen molar-refractivity contribution in [2.24, 2.45) is 0 Å². The van der Waals surface area contributed by atoms with Gasteiger partial charge in [-0.15, -0.1) is 0 Å². The number of carbonyl (C=O) groups is 2. The Morgan fingerprint density at radius 1 is 1.15 bits per heavy atom. The zero-order valence-electron chi connectivity index (χ0n) is 15.1. The van der Waals surface area contributed by atoms with Gasteiger partial charge in [0.05, 0.1) is 4.91 Å². The number of rotatable bonds is 12. The number of thiocarbonyl (C=S) groups is 1. The molecule has 0 unspecified atom stereocenters.